The van der Waals surface area contributed by atoms with Crippen molar-refractivity contribution in [3.8, 4) is 17.1 Å². The summed E-state index contributed by atoms with van der Waals surface area (Å²) in [6, 6.07) is 6.83. The van der Waals surface area contributed by atoms with Crippen LogP contribution in [0, 0.1) is 5.41 Å². The topological polar surface area (TPSA) is 139 Å². The number of rotatable bonds is 6. The fourth-order valence-corrected chi connectivity index (χ4v) is 4.56. The first-order valence-electron chi connectivity index (χ1n) is 11.4. The summed E-state index contributed by atoms with van der Waals surface area (Å²) in [4.78, 5) is 31.2. The molecule has 12 heteroatoms. The summed E-state index contributed by atoms with van der Waals surface area (Å²) in [5, 5.41) is 21.0. The molecular formula is C23H27N9O3. The van der Waals surface area contributed by atoms with E-state index in [2.05, 4.69) is 36.2 Å². The zero-order chi connectivity index (χ0) is 24.6. The monoisotopic (exact) mass is 477 g/mol. The average Bonchev–Trinajstić information content (AvgIpc) is 3.23. The van der Waals surface area contributed by atoms with Crippen molar-refractivity contribution in [1.29, 1.82) is 0 Å². The molecule has 0 bridgehead atoms. The fraction of sp³-hybridized carbons (Fsp3) is 0.391. The Labute approximate surface area is 202 Å². The van der Waals surface area contributed by atoms with Crippen LogP contribution in [-0.4, -0.2) is 69.0 Å². The molecule has 0 atom stereocenters. The van der Waals surface area contributed by atoms with Crippen molar-refractivity contribution in [2.24, 2.45) is 12.5 Å². The van der Waals surface area contributed by atoms with Crippen LogP contribution in [0.1, 0.15) is 29.8 Å². The number of para-hydroxylation sites is 1. The SMILES string of the molecule is CNC(=O)c1nnc(NC(=O)N2CC3(CCC3)C2)cc1Nc1cccc(-c2ncn(C)n2)c1OC. The first kappa shape index (κ1) is 22.6. The predicted molar refractivity (Wildman–Crippen MR) is 129 cm³/mol. The van der Waals surface area contributed by atoms with Gasteiger partial charge < -0.3 is 20.3 Å². The maximum atomic E-state index is 12.7. The molecule has 1 spiro atoms. The lowest BCUT2D eigenvalue weighted by molar-refractivity contribution is -0.0289. The van der Waals surface area contributed by atoms with Crippen LogP contribution >= 0.6 is 0 Å². The van der Waals surface area contributed by atoms with Gasteiger partial charge in [0.1, 0.15) is 6.33 Å². The summed E-state index contributed by atoms with van der Waals surface area (Å²) in [6.45, 7) is 1.53. The van der Waals surface area contributed by atoms with Crippen molar-refractivity contribution in [2.75, 3.05) is 37.9 Å². The standard InChI is InChI=1S/C23H27N9O3/c1-24-21(33)18-16(10-17(28-29-18)27-22(34)32-11-23(12-32)8-5-9-23)26-15-7-4-6-14(19(15)35-3)20-25-13-31(2)30-20/h4,6-7,10,13H,5,8-9,11-12H2,1-3H3,(H,24,33)(H2,26,27,28,34). The molecule has 2 fully saturated rings. The number of ether oxygens (including phenoxy) is 1. The Bertz CT molecular complexity index is 1280. The van der Waals surface area contributed by atoms with Crippen LogP contribution in [-0.2, 0) is 7.05 Å². The van der Waals surface area contributed by atoms with E-state index in [4.69, 9.17) is 4.74 Å². The number of likely N-dealkylation sites (tertiary alicyclic amines) is 1. The third kappa shape index (κ3) is 4.22. The minimum Gasteiger partial charge on any atom is -0.494 e. The van der Waals surface area contributed by atoms with Gasteiger partial charge in [-0.2, -0.15) is 5.10 Å². The molecule has 3 aromatic rings. The molecule has 35 heavy (non-hydrogen) atoms. The summed E-state index contributed by atoms with van der Waals surface area (Å²) in [5.41, 5.74) is 2.01. The van der Waals surface area contributed by atoms with E-state index in [1.54, 1.807) is 42.2 Å². The van der Waals surface area contributed by atoms with E-state index in [9.17, 15) is 9.59 Å². The van der Waals surface area contributed by atoms with Crippen LogP contribution in [0.3, 0.4) is 0 Å². The molecular weight excluding hydrogens is 450 g/mol. The number of benzene rings is 1. The van der Waals surface area contributed by atoms with Crippen LogP contribution in [0.25, 0.3) is 11.4 Å². The van der Waals surface area contributed by atoms with E-state index in [-0.39, 0.29) is 17.5 Å². The zero-order valence-electron chi connectivity index (χ0n) is 19.8. The summed E-state index contributed by atoms with van der Waals surface area (Å²) >= 11 is 0. The first-order valence-corrected chi connectivity index (χ1v) is 11.4. The normalized spacial score (nSPS) is 15.7. The van der Waals surface area contributed by atoms with Crippen molar-refractivity contribution in [1.82, 2.24) is 35.2 Å². The molecule has 2 aromatic heterocycles. The Balaban J connectivity index is 1.42. The molecule has 3 N–H and O–H groups in total. The van der Waals surface area contributed by atoms with Gasteiger partial charge in [-0.25, -0.2) is 9.78 Å². The highest BCUT2D eigenvalue weighted by molar-refractivity contribution is 5.99. The van der Waals surface area contributed by atoms with Gasteiger partial charge in [0.2, 0.25) is 0 Å². The highest BCUT2D eigenvalue weighted by Crippen LogP contribution is 2.48. The molecule has 0 unspecified atom stereocenters. The minimum absolute atomic E-state index is 0.0753. The number of nitrogens with zero attached hydrogens (tertiary/aromatic N) is 6. The maximum absolute atomic E-state index is 12.7. The van der Waals surface area contributed by atoms with E-state index < -0.39 is 5.91 Å². The molecule has 1 aliphatic heterocycles. The second-order valence-electron chi connectivity index (χ2n) is 8.96. The predicted octanol–water partition coefficient (Wildman–Crippen LogP) is 2.40. The van der Waals surface area contributed by atoms with E-state index in [0.29, 0.717) is 33.9 Å². The summed E-state index contributed by atoms with van der Waals surface area (Å²) in [5.74, 6) is 0.810. The number of aryl methyl sites for hydroxylation is 1. The number of carbonyl (C=O) groups is 2. The zero-order valence-corrected chi connectivity index (χ0v) is 19.8. The molecule has 1 aromatic carbocycles. The summed E-state index contributed by atoms with van der Waals surface area (Å²) in [7, 11) is 4.84. The quantitative estimate of drug-likeness (QED) is 0.492. The molecule has 3 amide bonds. The Kier molecular flexibility index (Phi) is 5.71. The minimum atomic E-state index is -0.422. The largest absolute Gasteiger partial charge is 0.494 e. The van der Waals surface area contributed by atoms with E-state index in [1.807, 2.05) is 12.1 Å². The van der Waals surface area contributed by atoms with Gasteiger partial charge in [0, 0.05) is 38.7 Å². The Hall–Kier alpha value is -4.22. The molecule has 0 radical (unpaired) electrons. The van der Waals surface area contributed by atoms with Gasteiger partial charge >= 0.3 is 6.03 Å². The van der Waals surface area contributed by atoms with Gasteiger partial charge in [0.25, 0.3) is 5.91 Å². The molecule has 1 saturated heterocycles. The smallest absolute Gasteiger partial charge is 0.323 e. The molecule has 1 aliphatic carbocycles. The number of aromatic nitrogens is 5. The van der Waals surface area contributed by atoms with Gasteiger partial charge in [-0.05, 0) is 25.0 Å². The lowest BCUT2D eigenvalue weighted by Crippen LogP contribution is -2.62. The highest BCUT2D eigenvalue weighted by Gasteiger charge is 2.49. The maximum Gasteiger partial charge on any atom is 0.323 e. The molecule has 2 aliphatic rings. The van der Waals surface area contributed by atoms with Gasteiger partial charge in [-0.15, -0.1) is 10.2 Å². The number of amides is 3. The second kappa shape index (κ2) is 8.85. The van der Waals surface area contributed by atoms with Crippen molar-refractivity contribution < 1.29 is 14.3 Å². The van der Waals surface area contributed by atoms with Gasteiger partial charge in [-0.1, -0.05) is 12.5 Å². The Morgan fingerprint density at radius 3 is 2.57 bits per heavy atom. The molecule has 182 valence electrons. The van der Waals surface area contributed by atoms with Crippen LogP contribution in [0.2, 0.25) is 0 Å². The van der Waals surface area contributed by atoms with Crippen LogP contribution < -0.4 is 20.7 Å². The van der Waals surface area contributed by atoms with E-state index in [0.717, 1.165) is 13.1 Å². The number of urea groups is 1. The van der Waals surface area contributed by atoms with Crippen molar-refractivity contribution in [2.45, 2.75) is 19.3 Å². The van der Waals surface area contributed by atoms with E-state index >= 15 is 0 Å². The number of hydrogen-bond donors (Lipinski definition) is 3. The van der Waals surface area contributed by atoms with Gasteiger partial charge in [-0.3, -0.25) is 14.8 Å². The highest BCUT2D eigenvalue weighted by atomic mass is 16.5. The van der Waals surface area contributed by atoms with Gasteiger partial charge in [0.15, 0.2) is 23.1 Å². The molecule has 12 nitrogen and oxygen atoms in total. The van der Waals surface area contributed by atoms with Crippen molar-refractivity contribution >= 4 is 29.1 Å². The summed E-state index contributed by atoms with van der Waals surface area (Å²) in [6.07, 6.45) is 5.20. The van der Waals surface area contributed by atoms with Crippen molar-refractivity contribution in [3.63, 3.8) is 0 Å². The van der Waals surface area contributed by atoms with Crippen LogP contribution in [0.5, 0.6) is 5.75 Å². The van der Waals surface area contributed by atoms with E-state index in [1.165, 1.54) is 26.3 Å². The molecule has 3 heterocycles. The average molecular weight is 478 g/mol. The molecule has 5 rings (SSSR count). The summed E-state index contributed by atoms with van der Waals surface area (Å²) < 4.78 is 7.26. The van der Waals surface area contributed by atoms with Gasteiger partial charge in [0.05, 0.1) is 24.0 Å². The third-order valence-electron chi connectivity index (χ3n) is 6.55. The number of anilines is 3. The Morgan fingerprint density at radius 2 is 1.94 bits per heavy atom. The number of nitrogens with one attached hydrogen (secondary N) is 3. The third-order valence-corrected chi connectivity index (χ3v) is 6.55. The number of methoxy groups -OCH3 is 1. The first-order chi connectivity index (χ1) is 16.9. The second-order valence-corrected chi connectivity index (χ2v) is 8.96. The number of hydrogen-bond acceptors (Lipinski definition) is 8. The fourth-order valence-electron chi connectivity index (χ4n) is 4.56. The number of carbonyl (C=O) groups excluding carboxylic acids is 2. The lowest BCUT2D eigenvalue weighted by atomic mass is 9.64. The lowest BCUT2D eigenvalue weighted by Gasteiger charge is -2.55. The van der Waals surface area contributed by atoms with Crippen molar-refractivity contribution in [3.05, 3.63) is 36.3 Å². The van der Waals surface area contributed by atoms with Crippen LogP contribution in [0.15, 0.2) is 30.6 Å². The molecule has 1 saturated carbocycles. The Morgan fingerprint density at radius 1 is 1.14 bits per heavy atom. The van der Waals surface area contributed by atoms with Crippen LogP contribution in [0.4, 0.5) is 22.0 Å².